The van der Waals surface area contributed by atoms with Gasteiger partial charge in [0.25, 0.3) is 5.91 Å². The molecule has 1 N–H and O–H groups in total. The SMILES string of the molecule is Cc1cc(=O)cc(C(=O)N2CCC(Oc3ccccc3)C2)[nH]1. The second kappa shape index (κ2) is 6.05. The van der Waals surface area contributed by atoms with E-state index in [0.29, 0.717) is 24.5 Å². The van der Waals surface area contributed by atoms with E-state index in [1.807, 2.05) is 30.3 Å². The quantitative estimate of drug-likeness (QED) is 0.942. The highest BCUT2D eigenvalue weighted by molar-refractivity contribution is 5.92. The van der Waals surface area contributed by atoms with Gasteiger partial charge in [0.1, 0.15) is 17.5 Å². The van der Waals surface area contributed by atoms with Gasteiger partial charge in [-0.15, -0.1) is 0 Å². The first-order valence-electron chi connectivity index (χ1n) is 7.34. The number of carbonyl (C=O) groups is 1. The molecule has 1 aliphatic heterocycles. The number of para-hydroxylation sites is 1. The Morgan fingerprint density at radius 3 is 2.77 bits per heavy atom. The van der Waals surface area contributed by atoms with Gasteiger partial charge in [0.05, 0.1) is 6.54 Å². The minimum Gasteiger partial charge on any atom is -0.489 e. The number of carbonyl (C=O) groups excluding carboxylic acids is 1. The molecule has 5 nitrogen and oxygen atoms in total. The van der Waals surface area contributed by atoms with Crippen LogP contribution in [0.5, 0.6) is 5.75 Å². The maximum atomic E-state index is 12.4. The van der Waals surface area contributed by atoms with Crippen LogP contribution >= 0.6 is 0 Å². The van der Waals surface area contributed by atoms with Gasteiger partial charge >= 0.3 is 0 Å². The number of amides is 1. The van der Waals surface area contributed by atoms with E-state index in [2.05, 4.69) is 4.98 Å². The van der Waals surface area contributed by atoms with Crippen LogP contribution in [0.25, 0.3) is 0 Å². The summed E-state index contributed by atoms with van der Waals surface area (Å²) in [5.74, 6) is 0.658. The summed E-state index contributed by atoms with van der Waals surface area (Å²) >= 11 is 0. The van der Waals surface area contributed by atoms with Gasteiger partial charge in [0.2, 0.25) is 0 Å². The number of aromatic nitrogens is 1. The van der Waals surface area contributed by atoms with Gasteiger partial charge < -0.3 is 14.6 Å². The Bertz CT molecular complexity index is 724. The standard InChI is InChI=1S/C17H18N2O3/c1-12-9-13(20)10-16(18-12)17(21)19-8-7-15(11-19)22-14-5-3-2-4-6-14/h2-6,9-10,15H,7-8,11H2,1H3,(H,18,20). The molecule has 1 aromatic carbocycles. The summed E-state index contributed by atoms with van der Waals surface area (Å²) in [4.78, 5) is 28.6. The highest BCUT2D eigenvalue weighted by atomic mass is 16.5. The van der Waals surface area contributed by atoms with Crippen molar-refractivity contribution in [1.82, 2.24) is 9.88 Å². The number of aryl methyl sites for hydroxylation is 1. The topological polar surface area (TPSA) is 62.4 Å². The predicted molar refractivity (Wildman–Crippen MR) is 83.2 cm³/mol. The van der Waals surface area contributed by atoms with Gasteiger partial charge in [-0.25, -0.2) is 0 Å². The second-order valence-electron chi connectivity index (χ2n) is 5.51. The zero-order chi connectivity index (χ0) is 15.5. The van der Waals surface area contributed by atoms with E-state index in [-0.39, 0.29) is 17.4 Å². The Morgan fingerprint density at radius 1 is 1.27 bits per heavy atom. The number of ether oxygens (including phenoxy) is 1. The lowest BCUT2D eigenvalue weighted by Crippen LogP contribution is -2.32. The average molecular weight is 298 g/mol. The number of likely N-dealkylation sites (tertiary alicyclic amines) is 1. The summed E-state index contributed by atoms with van der Waals surface area (Å²) < 4.78 is 5.87. The number of benzene rings is 1. The molecular weight excluding hydrogens is 280 g/mol. The molecule has 3 rings (SSSR count). The van der Waals surface area contributed by atoms with Gasteiger partial charge in [-0.05, 0) is 19.1 Å². The number of aromatic amines is 1. The third-order valence-electron chi connectivity index (χ3n) is 3.69. The molecule has 0 spiro atoms. The van der Waals surface area contributed by atoms with Crippen molar-refractivity contribution >= 4 is 5.91 Å². The molecule has 1 saturated heterocycles. The Morgan fingerprint density at radius 2 is 2.05 bits per heavy atom. The maximum Gasteiger partial charge on any atom is 0.270 e. The highest BCUT2D eigenvalue weighted by Crippen LogP contribution is 2.19. The lowest BCUT2D eigenvalue weighted by molar-refractivity contribution is 0.0766. The molecule has 1 fully saturated rings. The Balaban J connectivity index is 1.67. The molecule has 0 aliphatic carbocycles. The third-order valence-corrected chi connectivity index (χ3v) is 3.69. The summed E-state index contributed by atoms with van der Waals surface area (Å²) in [6.45, 7) is 2.93. The van der Waals surface area contributed by atoms with Crippen LogP contribution in [0.15, 0.2) is 47.3 Å². The molecule has 22 heavy (non-hydrogen) atoms. The fourth-order valence-corrected chi connectivity index (χ4v) is 2.67. The lowest BCUT2D eigenvalue weighted by Gasteiger charge is -2.17. The molecular formula is C17H18N2O3. The van der Waals surface area contributed by atoms with Gasteiger partial charge in [0.15, 0.2) is 5.43 Å². The summed E-state index contributed by atoms with van der Waals surface area (Å²) in [5.41, 5.74) is 0.869. The van der Waals surface area contributed by atoms with Crippen LogP contribution in [0.4, 0.5) is 0 Å². The number of H-pyrrole nitrogens is 1. The van der Waals surface area contributed by atoms with E-state index in [0.717, 1.165) is 12.2 Å². The van der Waals surface area contributed by atoms with Crippen molar-refractivity contribution < 1.29 is 9.53 Å². The molecule has 1 unspecified atom stereocenters. The third kappa shape index (κ3) is 3.19. The Kier molecular flexibility index (Phi) is 3.96. The zero-order valence-electron chi connectivity index (χ0n) is 12.4. The van der Waals surface area contributed by atoms with E-state index in [1.165, 1.54) is 12.1 Å². The number of nitrogens with one attached hydrogen (secondary N) is 1. The summed E-state index contributed by atoms with van der Waals surface area (Å²) in [6.07, 6.45) is 0.777. The first-order valence-corrected chi connectivity index (χ1v) is 7.34. The van der Waals surface area contributed by atoms with Crippen molar-refractivity contribution in [2.24, 2.45) is 0 Å². The number of rotatable bonds is 3. The van der Waals surface area contributed by atoms with Gasteiger partial charge in [-0.1, -0.05) is 18.2 Å². The Labute approximate surface area is 128 Å². The number of nitrogens with zero attached hydrogens (tertiary/aromatic N) is 1. The molecule has 2 heterocycles. The molecule has 1 amide bonds. The molecule has 1 atom stereocenters. The van der Waals surface area contributed by atoms with Crippen LogP contribution < -0.4 is 10.2 Å². The van der Waals surface area contributed by atoms with E-state index in [9.17, 15) is 9.59 Å². The van der Waals surface area contributed by atoms with Crippen LogP contribution in [0, 0.1) is 6.92 Å². The molecule has 1 aliphatic rings. The minimum atomic E-state index is -0.157. The monoisotopic (exact) mass is 298 g/mol. The lowest BCUT2D eigenvalue weighted by atomic mass is 10.3. The fraction of sp³-hybridized carbons (Fsp3) is 0.294. The zero-order valence-corrected chi connectivity index (χ0v) is 12.4. The number of hydrogen-bond donors (Lipinski definition) is 1. The van der Waals surface area contributed by atoms with Gasteiger partial charge in [0, 0.05) is 30.8 Å². The highest BCUT2D eigenvalue weighted by Gasteiger charge is 2.28. The molecule has 0 saturated carbocycles. The van der Waals surface area contributed by atoms with Crippen LogP contribution in [-0.2, 0) is 0 Å². The van der Waals surface area contributed by atoms with Crippen LogP contribution in [0.1, 0.15) is 22.6 Å². The van der Waals surface area contributed by atoms with E-state index < -0.39 is 0 Å². The summed E-state index contributed by atoms with van der Waals surface area (Å²) in [5, 5.41) is 0. The van der Waals surface area contributed by atoms with Crippen molar-refractivity contribution in [1.29, 1.82) is 0 Å². The smallest absolute Gasteiger partial charge is 0.270 e. The van der Waals surface area contributed by atoms with Crippen LogP contribution in [0.2, 0.25) is 0 Å². The predicted octanol–water partition coefficient (Wildman–Crippen LogP) is 1.98. The van der Waals surface area contributed by atoms with Crippen molar-refractivity contribution in [2.75, 3.05) is 13.1 Å². The molecule has 2 aromatic rings. The summed E-state index contributed by atoms with van der Waals surface area (Å²) in [7, 11) is 0. The molecule has 0 radical (unpaired) electrons. The van der Waals surface area contributed by atoms with E-state index in [4.69, 9.17) is 4.74 Å². The largest absolute Gasteiger partial charge is 0.489 e. The first-order chi connectivity index (χ1) is 10.6. The van der Waals surface area contributed by atoms with Crippen LogP contribution in [0.3, 0.4) is 0 Å². The van der Waals surface area contributed by atoms with E-state index in [1.54, 1.807) is 11.8 Å². The van der Waals surface area contributed by atoms with Crippen LogP contribution in [-0.4, -0.2) is 35.0 Å². The fourth-order valence-electron chi connectivity index (χ4n) is 2.67. The average Bonchev–Trinajstić information content (AvgIpc) is 2.95. The van der Waals surface area contributed by atoms with E-state index >= 15 is 0 Å². The molecule has 1 aromatic heterocycles. The van der Waals surface area contributed by atoms with Gasteiger partial charge in [-0.2, -0.15) is 0 Å². The van der Waals surface area contributed by atoms with Crippen molar-refractivity contribution in [3.8, 4) is 5.75 Å². The maximum absolute atomic E-state index is 12.4. The first kappa shape index (κ1) is 14.4. The molecule has 114 valence electrons. The van der Waals surface area contributed by atoms with Crippen molar-refractivity contribution in [2.45, 2.75) is 19.4 Å². The van der Waals surface area contributed by atoms with Crippen molar-refractivity contribution in [3.63, 3.8) is 0 Å². The summed E-state index contributed by atoms with van der Waals surface area (Å²) in [6, 6.07) is 12.4. The second-order valence-corrected chi connectivity index (χ2v) is 5.51. The Hall–Kier alpha value is -2.56. The van der Waals surface area contributed by atoms with Gasteiger partial charge in [-0.3, -0.25) is 9.59 Å². The number of hydrogen-bond acceptors (Lipinski definition) is 3. The number of pyridine rings is 1. The minimum absolute atomic E-state index is 0.0112. The van der Waals surface area contributed by atoms with Crippen molar-refractivity contribution in [3.05, 3.63) is 64.1 Å². The molecule has 5 heteroatoms. The molecule has 0 bridgehead atoms. The normalized spacial score (nSPS) is 17.5.